The summed E-state index contributed by atoms with van der Waals surface area (Å²) in [6.45, 7) is 4.70. The van der Waals surface area contributed by atoms with Gasteiger partial charge in [-0.3, -0.25) is 0 Å². The molecule has 0 aromatic heterocycles. The molecule has 1 heterocycles. The fourth-order valence-corrected chi connectivity index (χ4v) is 2.59. The van der Waals surface area contributed by atoms with Gasteiger partial charge in [-0.2, -0.15) is 0 Å². The smallest absolute Gasteiger partial charge is 0.0771 e. The highest BCUT2D eigenvalue weighted by Gasteiger charge is 2.34. The Balaban J connectivity index is 1.80. The lowest BCUT2D eigenvalue weighted by molar-refractivity contribution is 0.0120. The number of aliphatic hydroxyl groups is 1. The summed E-state index contributed by atoms with van der Waals surface area (Å²) in [5, 5.41) is 13.8. The van der Waals surface area contributed by atoms with Crippen LogP contribution in [0.5, 0.6) is 0 Å². The zero-order chi connectivity index (χ0) is 10.8. The van der Waals surface area contributed by atoms with Gasteiger partial charge < -0.3 is 15.2 Å². The van der Waals surface area contributed by atoms with Gasteiger partial charge in [-0.05, 0) is 32.6 Å². The first-order valence-electron chi connectivity index (χ1n) is 6.17. The molecule has 0 amide bonds. The van der Waals surface area contributed by atoms with Gasteiger partial charge in [0.1, 0.15) is 0 Å². The second-order valence-corrected chi connectivity index (χ2v) is 5.46. The van der Waals surface area contributed by atoms with E-state index >= 15 is 0 Å². The molecule has 1 saturated carbocycles. The number of hydrogen-bond acceptors (Lipinski definition) is 3. The van der Waals surface area contributed by atoms with E-state index in [9.17, 15) is 5.11 Å². The quantitative estimate of drug-likeness (QED) is 0.745. The molecule has 2 N–H and O–H groups in total. The molecule has 0 aromatic rings. The lowest BCUT2D eigenvalue weighted by Crippen LogP contribution is -2.52. The second kappa shape index (κ2) is 4.40. The molecule has 0 atom stereocenters. The highest BCUT2D eigenvalue weighted by molar-refractivity contribution is 4.92. The van der Waals surface area contributed by atoms with E-state index < -0.39 is 5.60 Å². The third-order valence-electron chi connectivity index (χ3n) is 3.97. The van der Waals surface area contributed by atoms with Gasteiger partial charge in [-0.15, -0.1) is 0 Å². The third kappa shape index (κ3) is 2.92. The highest BCUT2D eigenvalue weighted by atomic mass is 16.5. The van der Waals surface area contributed by atoms with Crippen LogP contribution < -0.4 is 5.32 Å². The molecule has 2 rings (SSSR count). The molecule has 0 unspecified atom stereocenters. The molecule has 0 aromatic carbocycles. The molecular formula is C12H23NO2. The van der Waals surface area contributed by atoms with Crippen molar-refractivity contribution in [2.75, 3.05) is 19.8 Å². The van der Waals surface area contributed by atoms with Crippen molar-refractivity contribution in [2.45, 2.75) is 56.6 Å². The Morgan fingerprint density at radius 3 is 2.33 bits per heavy atom. The zero-order valence-electron chi connectivity index (χ0n) is 9.72. The molecule has 2 fully saturated rings. The molecule has 0 bridgehead atoms. The summed E-state index contributed by atoms with van der Waals surface area (Å²) >= 11 is 0. The van der Waals surface area contributed by atoms with Crippen LogP contribution in [0.2, 0.25) is 0 Å². The lowest BCUT2D eigenvalue weighted by Gasteiger charge is -2.37. The number of hydrogen-bond donors (Lipinski definition) is 2. The summed E-state index contributed by atoms with van der Waals surface area (Å²) < 4.78 is 5.36. The largest absolute Gasteiger partial charge is 0.389 e. The van der Waals surface area contributed by atoms with E-state index in [0.29, 0.717) is 0 Å². The van der Waals surface area contributed by atoms with Crippen LogP contribution in [0.3, 0.4) is 0 Å². The van der Waals surface area contributed by atoms with Crippen molar-refractivity contribution in [1.82, 2.24) is 5.32 Å². The zero-order valence-corrected chi connectivity index (χ0v) is 9.72. The Morgan fingerprint density at radius 2 is 1.73 bits per heavy atom. The Morgan fingerprint density at radius 1 is 1.13 bits per heavy atom. The summed E-state index contributed by atoms with van der Waals surface area (Å²) in [6, 6.07) is 0. The van der Waals surface area contributed by atoms with Crippen LogP contribution in [0.1, 0.15) is 45.4 Å². The van der Waals surface area contributed by atoms with E-state index in [-0.39, 0.29) is 5.54 Å². The summed E-state index contributed by atoms with van der Waals surface area (Å²) in [7, 11) is 0. The summed E-state index contributed by atoms with van der Waals surface area (Å²) in [6.07, 6.45) is 6.40. The van der Waals surface area contributed by atoms with Crippen LogP contribution in [-0.4, -0.2) is 36.0 Å². The molecule has 0 radical (unpaired) electrons. The van der Waals surface area contributed by atoms with E-state index in [1.807, 2.05) is 0 Å². The SMILES string of the molecule is CC1(NCC2(O)CCCC2)CCOCC1. The topological polar surface area (TPSA) is 41.5 Å². The molecule has 1 aliphatic carbocycles. The standard InChI is InChI=1S/C12H23NO2/c1-11(6-8-15-9-7-11)13-10-12(14)4-2-3-5-12/h13-14H,2-10H2,1H3. The summed E-state index contributed by atoms with van der Waals surface area (Å²) in [5.41, 5.74) is -0.252. The minimum atomic E-state index is -0.429. The number of nitrogens with one attached hydrogen (secondary N) is 1. The van der Waals surface area contributed by atoms with Crippen molar-refractivity contribution in [3.8, 4) is 0 Å². The van der Waals surface area contributed by atoms with Crippen molar-refractivity contribution in [3.05, 3.63) is 0 Å². The van der Waals surface area contributed by atoms with Crippen molar-refractivity contribution in [1.29, 1.82) is 0 Å². The number of rotatable bonds is 3. The maximum atomic E-state index is 10.2. The van der Waals surface area contributed by atoms with Gasteiger partial charge in [-0.25, -0.2) is 0 Å². The molecule has 1 aliphatic heterocycles. The van der Waals surface area contributed by atoms with Gasteiger partial charge in [0.25, 0.3) is 0 Å². The van der Waals surface area contributed by atoms with Crippen molar-refractivity contribution in [2.24, 2.45) is 0 Å². The molecule has 3 nitrogen and oxygen atoms in total. The van der Waals surface area contributed by atoms with E-state index in [2.05, 4.69) is 12.2 Å². The third-order valence-corrected chi connectivity index (χ3v) is 3.97. The van der Waals surface area contributed by atoms with Crippen molar-refractivity contribution in [3.63, 3.8) is 0 Å². The molecule has 15 heavy (non-hydrogen) atoms. The van der Waals surface area contributed by atoms with Crippen LogP contribution in [0.15, 0.2) is 0 Å². The van der Waals surface area contributed by atoms with E-state index in [1.165, 1.54) is 12.8 Å². The minimum absolute atomic E-state index is 0.177. The van der Waals surface area contributed by atoms with Crippen LogP contribution in [-0.2, 0) is 4.74 Å². The number of ether oxygens (including phenoxy) is 1. The summed E-state index contributed by atoms with van der Waals surface area (Å²) in [5.74, 6) is 0. The fraction of sp³-hybridized carbons (Fsp3) is 1.00. The molecule has 88 valence electrons. The number of β-amino-alcohol motifs (C(OH)–C–C–N with tert-alkyl or cyclic N) is 1. The monoisotopic (exact) mass is 213 g/mol. The predicted molar refractivity (Wildman–Crippen MR) is 59.9 cm³/mol. The van der Waals surface area contributed by atoms with Crippen LogP contribution in [0.25, 0.3) is 0 Å². The molecule has 2 aliphatic rings. The molecule has 1 saturated heterocycles. The van der Waals surface area contributed by atoms with E-state index in [0.717, 1.165) is 45.4 Å². The van der Waals surface area contributed by atoms with Crippen molar-refractivity contribution < 1.29 is 9.84 Å². The fourth-order valence-electron chi connectivity index (χ4n) is 2.59. The van der Waals surface area contributed by atoms with Gasteiger partial charge in [0, 0.05) is 25.3 Å². The average Bonchev–Trinajstić information content (AvgIpc) is 2.65. The minimum Gasteiger partial charge on any atom is -0.389 e. The van der Waals surface area contributed by atoms with Gasteiger partial charge in [0.05, 0.1) is 5.60 Å². The van der Waals surface area contributed by atoms with Crippen LogP contribution >= 0.6 is 0 Å². The Bertz CT molecular complexity index is 206. The van der Waals surface area contributed by atoms with E-state index in [1.54, 1.807) is 0 Å². The maximum Gasteiger partial charge on any atom is 0.0771 e. The highest BCUT2D eigenvalue weighted by Crippen LogP contribution is 2.30. The van der Waals surface area contributed by atoms with Crippen LogP contribution in [0, 0.1) is 0 Å². The van der Waals surface area contributed by atoms with Crippen molar-refractivity contribution >= 4 is 0 Å². The molecular weight excluding hydrogens is 190 g/mol. The molecule has 0 spiro atoms. The Hall–Kier alpha value is -0.120. The summed E-state index contributed by atoms with van der Waals surface area (Å²) in [4.78, 5) is 0. The maximum absolute atomic E-state index is 10.2. The first kappa shape index (κ1) is 11.4. The normalized spacial score (nSPS) is 29.2. The van der Waals surface area contributed by atoms with Gasteiger partial charge in [0.2, 0.25) is 0 Å². The first-order valence-corrected chi connectivity index (χ1v) is 6.17. The van der Waals surface area contributed by atoms with Gasteiger partial charge >= 0.3 is 0 Å². The lowest BCUT2D eigenvalue weighted by atomic mass is 9.91. The predicted octanol–water partition coefficient (Wildman–Crippen LogP) is 1.45. The van der Waals surface area contributed by atoms with Gasteiger partial charge in [0.15, 0.2) is 0 Å². The Labute approximate surface area is 92.2 Å². The molecule has 3 heteroatoms. The average molecular weight is 213 g/mol. The van der Waals surface area contributed by atoms with Crippen LogP contribution in [0.4, 0.5) is 0 Å². The first-order chi connectivity index (χ1) is 7.12. The Kier molecular flexibility index (Phi) is 3.33. The van der Waals surface area contributed by atoms with E-state index in [4.69, 9.17) is 4.74 Å². The van der Waals surface area contributed by atoms with Gasteiger partial charge in [-0.1, -0.05) is 12.8 Å². The second-order valence-electron chi connectivity index (χ2n) is 5.46.